The van der Waals surface area contributed by atoms with Crippen molar-refractivity contribution >= 4 is 23.2 Å². The molecular weight excluding hydrogens is 442 g/mol. The van der Waals surface area contributed by atoms with E-state index in [4.69, 9.17) is 20.6 Å². The Hall–Kier alpha value is -3.33. The van der Waals surface area contributed by atoms with Gasteiger partial charge in [-0.05, 0) is 44.2 Å². The summed E-state index contributed by atoms with van der Waals surface area (Å²) in [4.78, 5) is 25.2. The molecule has 9 nitrogen and oxygen atoms in total. The fourth-order valence-corrected chi connectivity index (χ4v) is 5.41. The maximum atomic E-state index is 13.8. The molecule has 35 heavy (non-hydrogen) atoms. The molecule has 0 saturated carbocycles. The molecule has 2 saturated heterocycles. The first kappa shape index (κ1) is 22.2. The van der Waals surface area contributed by atoms with Gasteiger partial charge in [0.2, 0.25) is 0 Å². The lowest BCUT2D eigenvalue weighted by Gasteiger charge is -2.38. The van der Waals surface area contributed by atoms with Gasteiger partial charge in [0.25, 0.3) is 5.91 Å². The number of hydrogen-bond donors (Lipinski definition) is 1. The standard InChI is InChI=1S/C26H33N7O2/c1-30-11-6-7-13-35-22-10-3-2-8-19(22)26(34)32-12-5-4-9-21(32)20-14-24-28-23(31-16-18(27)17-31)15-25(30)33(24)29-20/h2-3,8,10,14-15,18,21H,4-7,9,11-13,16-17,27H2,1H3. The molecule has 3 aliphatic rings. The van der Waals surface area contributed by atoms with Crippen molar-refractivity contribution in [3.8, 4) is 5.75 Å². The van der Waals surface area contributed by atoms with E-state index >= 15 is 0 Å². The summed E-state index contributed by atoms with van der Waals surface area (Å²) >= 11 is 0. The summed E-state index contributed by atoms with van der Waals surface area (Å²) in [5.41, 5.74) is 8.39. The highest BCUT2D eigenvalue weighted by atomic mass is 16.5. The van der Waals surface area contributed by atoms with Crippen LogP contribution in [-0.2, 0) is 0 Å². The van der Waals surface area contributed by atoms with Crippen LogP contribution in [0.1, 0.15) is 54.2 Å². The van der Waals surface area contributed by atoms with Crippen molar-refractivity contribution in [1.29, 1.82) is 0 Å². The van der Waals surface area contributed by atoms with E-state index in [1.54, 1.807) is 0 Å². The summed E-state index contributed by atoms with van der Waals surface area (Å²) in [5, 5.41) is 5.03. The average molecular weight is 476 g/mol. The number of hydrogen-bond acceptors (Lipinski definition) is 7. The van der Waals surface area contributed by atoms with E-state index in [1.165, 1.54) is 0 Å². The Balaban J connectivity index is 1.45. The summed E-state index contributed by atoms with van der Waals surface area (Å²) in [5.74, 6) is 2.62. The van der Waals surface area contributed by atoms with Crippen molar-refractivity contribution in [3.05, 3.63) is 47.7 Å². The molecule has 1 atom stereocenters. The first-order valence-electron chi connectivity index (χ1n) is 12.7. The zero-order valence-electron chi connectivity index (χ0n) is 20.3. The van der Waals surface area contributed by atoms with Crippen molar-refractivity contribution in [2.45, 2.75) is 44.2 Å². The largest absolute Gasteiger partial charge is 0.493 e. The Bertz CT molecular complexity index is 1240. The number of carbonyl (C=O) groups excluding carboxylic acids is 1. The number of nitrogens with two attached hydrogens (primary N) is 1. The van der Waals surface area contributed by atoms with Crippen LogP contribution in [0.25, 0.3) is 5.65 Å². The number of carbonyl (C=O) groups is 1. The Morgan fingerprint density at radius 1 is 1.06 bits per heavy atom. The monoisotopic (exact) mass is 475 g/mol. The van der Waals surface area contributed by atoms with E-state index in [9.17, 15) is 4.79 Å². The normalized spacial score (nSPS) is 21.7. The van der Waals surface area contributed by atoms with Crippen LogP contribution >= 0.6 is 0 Å². The SMILES string of the molecule is CN1CCCCOc2ccccc2C(=O)N2CCCCC2c2cc3nc(N4CC(N)C4)cc1n3n2. The van der Waals surface area contributed by atoms with Gasteiger partial charge in [0.05, 0.1) is 23.9 Å². The molecule has 3 aromatic rings. The number of rotatable bonds is 1. The molecule has 184 valence electrons. The highest BCUT2D eigenvalue weighted by Crippen LogP contribution is 2.35. The van der Waals surface area contributed by atoms with E-state index < -0.39 is 0 Å². The summed E-state index contributed by atoms with van der Waals surface area (Å²) in [6.45, 7) is 3.79. The van der Waals surface area contributed by atoms with Crippen LogP contribution in [0.15, 0.2) is 36.4 Å². The van der Waals surface area contributed by atoms with Crippen molar-refractivity contribution < 1.29 is 9.53 Å². The second-order valence-electron chi connectivity index (χ2n) is 9.96. The van der Waals surface area contributed by atoms with Gasteiger partial charge in [-0.1, -0.05) is 12.1 Å². The average Bonchev–Trinajstić information content (AvgIpc) is 3.29. The number of benzene rings is 1. The van der Waals surface area contributed by atoms with Crippen LogP contribution in [0.5, 0.6) is 5.75 Å². The zero-order valence-corrected chi connectivity index (χ0v) is 20.3. The minimum atomic E-state index is -0.0878. The number of anilines is 2. The van der Waals surface area contributed by atoms with Crippen molar-refractivity contribution in [1.82, 2.24) is 19.5 Å². The van der Waals surface area contributed by atoms with Crippen LogP contribution in [-0.4, -0.2) is 71.3 Å². The number of piperidine rings is 1. The smallest absolute Gasteiger partial charge is 0.258 e. The van der Waals surface area contributed by atoms with Crippen LogP contribution in [0, 0.1) is 0 Å². The lowest BCUT2D eigenvalue weighted by molar-refractivity contribution is 0.0601. The fraction of sp³-hybridized carbons (Fsp3) is 0.500. The minimum absolute atomic E-state index is 0.0118. The summed E-state index contributed by atoms with van der Waals surface area (Å²) in [6.07, 6.45) is 4.80. The third-order valence-electron chi connectivity index (χ3n) is 7.41. The molecule has 1 aromatic carbocycles. The fourth-order valence-electron chi connectivity index (χ4n) is 5.41. The van der Waals surface area contributed by atoms with Gasteiger partial charge < -0.3 is 25.2 Å². The number of fused-ring (bicyclic) bond motifs is 4. The Morgan fingerprint density at radius 2 is 1.89 bits per heavy atom. The topological polar surface area (TPSA) is 92.2 Å². The molecule has 1 unspecified atom stereocenters. The van der Waals surface area contributed by atoms with E-state index in [1.807, 2.05) is 33.7 Å². The highest BCUT2D eigenvalue weighted by molar-refractivity contribution is 5.97. The third kappa shape index (κ3) is 4.07. The molecule has 1 amide bonds. The maximum Gasteiger partial charge on any atom is 0.258 e. The molecule has 2 N–H and O–H groups in total. The first-order chi connectivity index (χ1) is 17.1. The molecule has 0 spiro atoms. The van der Waals surface area contributed by atoms with Gasteiger partial charge in [-0.3, -0.25) is 4.79 Å². The number of para-hydroxylation sites is 1. The highest BCUT2D eigenvalue weighted by Gasteiger charge is 2.33. The summed E-state index contributed by atoms with van der Waals surface area (Å²) in [7, 11) is 2.10. The quantitative estimate of drug-likeness (QED) is 0.579. The second kappa shape index (κ2) is 9.03. The lowest BCUT2D eigenvalue weighted by atomic mass is 9.98. The van der Waals surface area contributed by atoms with Crippen LogP contribution in [0.2, 0.25) is 0 Å². The van der Waals surface area contributed by atoms with Gasteiger partial charge in [-0.2, -0.15) is 9.61 Å². The first-order valence-corrected chi connectivity index (χ1v) is 12.7. The summed E-state index contributed by atoms with van der Waals surface area (Å²) < 4.78 is 8.05. The maximum absolute atomic E-state index is 13.8. The summed E-state index contributed by atoms with van der Waals surface area (Å²) in [6, 6.07) is 11.9. The molecule has 3 aliphatic heterocycles. The van der Waals surface area contributed by atoms with Gasteiger partial charge in [-0.15, -0.1) is 0 Å². The van der Waals surface area contributed by atoms with Gasteiger partial charge in [0.15, 0.2) is 5.65 Å². The van der Waals surface area contributed by atoms with Crippen LogP contribution in [0.4, 0.5) is 11.6 Å². The number of nitrogens with zero attached hydrogens (tertiary/aromatic N) is 6. The van der Waals surface area contributed by atoms with E-state index in [0.29, 0.717) is 24.5 Å². The zero-order chi connectivity index (χ0) is 23.9. The molecule has 0 radical (unpaired) electrons. The minimum Gasteiger partial charge on any atom is -0.493 e. The van der Waals surface area contributed by atoms with Crippen molar-refractivity contribution in [3.63, 3.8) is 0 Å². The second-order valence-corrected chi connectivity index (χ2v) is 9.96. The van der Waals surface area contributed by atoms with Gasteiger partial charge in [-0.25, -0.2) is 4.98 Å². The molecule has 0 aliphatic carbocycles. The van der Waals surface area contributed by atoms with E-state index in [0.717, 1.165) is 74.7 Å². The van der Waals surface area contributed by atoms with Gasteiger partial charge in [0.1, 0.15) is 17.4 Å². The molecular formula is C26H33N7O2. The van der Waals surface area contributed by atoms with Crippen LogP contribution in [0.3, 0.4) is 0 Å². The van der Waals surface area contributed by atoms with Crippen LogP contribution < -0.4 is 20.3 Å². The Labute approximate surface area is 205 Å². The Morgan fingerprint density at radius 3 is 2.74 bits per heavy atom. The number of amides is 1. The van der Waals surface area contributed by atoms with Gasteiger partial charge >= 0.3 is 0 Å². The predicted molar refractivity (Wildman–Crippen MR) is 135 cm³/mol. The molecule has 2 fully saturated rings. The Kier molecular flexibility index (Phi) is 5.72. The predicted octanol–water partition coefficient (Wildman–Crippen LogP) is 2.85. The lowest BCUT2D eigenvalue weighted by Crippen LogP contribution is -2.56. The molecule has 5 heterocycles. The molecule has 6 rings (SSSR count). The third-order valence-corrected chi connectivity index (χ3v) is 7.41. The van der Waals surface area contributed by atoms with E-state index in [2.05, 4.69) is 29.0 Å². The molecule has 9 heteroatoms. The number of ether oxygens (including phenoxy) is 1. The van der Waals surface area contributed by atoms with Gasteiger partial charge in [0, 0.05) is 51.4 Å². The number of aromatic nitrogens is 3. The van der Waals surface area contributed by atoms with Crippen molar-refractivity contribution in [2.24, 2.45) is 5.73 Å². The van der Waals surface area contributed by atoms with E-state index in [-0.39, 0.29) is 18.0 Å². The van der Waals surface area contributed by atoms with Crippen molar-refractivity contribution in [2.75, 3.05) is 49.6 Å². The molecule has 2 bridgehead atoms. The molecule has 2 aromatic heterocycles.